The smallest absolute Gasteiger partial charge is 0.305 e. The second-order valence-corrected chi connectivity index (χ2v) is 11.4. The Morgan fingerprint density at radius 2 is 1.35 bits per heavy atom. The number of aliphatic carboxylic acids is 1. The van der Waals surface area contributed by atoms with E-state index in [9.17, 15) is 33.9 Å². The van der Waals surface area contributed by atoms with E-state index in [-0.39, 0.29) is 31.7 Å². The van der Waals surface area contributed by atoms with Crippen LogP contribution in [0.4, 0.5) is 0 Å². The average molecular weight is 636 g/mol. The van der Waals surface area contributed by atoms with Crippen LogP contribution in [-0.2, 0) is 41.6 Å². The maximum Gasteiger partial charge on any atom is 0.305 e. The van der Waals surface area contributed by atoms with Crippen LogP contribution >= 0.6 is 0 Å². The first kappa shape index (κ1) is 35.2. The van der Waals surface area contributed by atoms with Crippen molar-refractivity contribution in [1.82, 2.24) is 26.3 Å². The molecule has 3 rings (SSSR count). The summed E-state index contributed by atoms with van der Waals surface area (Å²) in [4.78, 5) is 79.4. The molecular weight excluding hydrogens is 594 g/mol. The third kappa shape index (κ3) is 10.4. The lowest BCUT2D eigenvalue weighted by atomic mass is 10.00. The van der Waals surface area contributed by atoms with Crippen molar-refractivity contribution in [3.63, 3.8) is 0 Å². The second-order valence-electron chi connectivity index (χ2n) is 11.4. The number of carboxylic acid groups (broad SMARTS) is 1. The molecule has 0 saturated heterocycles. The standard InChI is InChI=1S/C32H41N7O7/c1-18(2)12-24(38-31(45)25(36-27(40)16-33)14-20-17-35-22-11-7-6-10-21(20)22)30(44)39-26(15-28(41)42)32(46)37-23(29(34)43)13-19-8-4-3-5-9-19/h3-11,17-18,23-26,35H,12-16,33H2,1-2H3,(H2,34,43)(H,36,40)(H,37,46)(H,38,45)(H,39,44)(H,41,42)/t23-,24-,25-,26-/m0/s1. The molecule has 3 aromatic rings. The Morgan fingerprint density at radius 1 is 0.761 bits per heavy atom. The highest BCUT2D eigenvalue weighted by Crippen LogP contribution is 2.19. The number of benzene rings is 2. The summed E-state index contributed by atoms with van der Waals surface area (Å²) in [7, 11) is 0. The van der Waals surface area contributed by atoms with Gasteiger partial charge in [-0.1, -0.05) is 62.4 Å². The molecule has 0 radical (unpaired) electrons. The molecule has 4 atom stereocenters. The van der Waals surface area contributed by atoms with Crippen molar-refractivity contribution >= 4 is 46.4 Å². The van der Waals surface area contributed by atoms with Crippen molar-refractivity contribution in [2.24, 2.45) is 17.4 Å². The third-order valence-electron chi connectivity index (χ3n) is 7.23. The third-order valence-corrected chi connectivity index (χ3v) is 7.23. The van der Waals surface area contributed by atoms with Crippen molar-refractivity contribution in [3.05, 3.63) is 71.9 Å². The molecule has 2 aromatic carbocycles. The largest absolute Gasteiger partial charge is 0.481 e. The first-order valence-corrected chi connectivity index (χ1v) is 14.9. The highest BCUT2D eigenvalue weighted by atomic mass is 16.4. The Kier molecular flexibility index (Phi) is 12.8. The molecule has 14 nitrogen and oxygen atoms in total. The number of hydrogen-bond acceptors (Lipinski definition) is 7. The summed E-state index contributed by atoms with van der Waals surface area (Å²) in [6.07, 6.45) is 1.18. The van der Waals surface area contributed by atoms with Crippen LogP contribution in [0, 0.1) is 5.92 Å². The first-order valence-electron chi connectivity index (χ1n) is 14.9. The number of rotatable bonds is 17. The van der Waals surface area contributed by atoms with Crippen LogP contribution < -0.4 is 32.7 Å². The summed E-state index contributed by atoms with van der Waals surface area (Å²) in [5.74, 6) is -5.35. The molecule has 0 aliphatic carbocycles. The van der Waals surface area contributed by atoms with Crippen molar-refractivity contribution in [1.29, 1.82) is 0 Å². The highest BCUT2D eigenvalue weighted by Gasteiger charge is 2.32. The summed E-state index contributed by atoms with van der Waals surface area (Å²) < 4.78 is 0. The number of fused-ring (bicyclic) bond motifs is 1. The monoisotopic (exact) mass is 635 g/mol. The average Bonchev–Trinajstić information content (AvgIpc) is 3.42. The Labute approximate surface area is 266 Å². The molecule has 0 spiro atoms. The lowest BCUT2D eigenvalue weighted by Gasteiger charge is -2.26. The minimum absolute atomic E-state index is 0.0496. The molecule has 0 bridgehead atoms. The molecular formula is C32H41N7O7. The van der Waals surface area contributed by atoms with Crippen molar-refractivity contribution < 1.29 is 33.9 Å². The summed E-state index contributed by atoms with van der Waals surface area (Å²) in [5.41, 5.74) is 13.3. The predicted molar refractivity (Wildman–Crippen MR) is 170 cm³/mol. The molecule has 10 N–H and O–H groups in total. The van der Waals surface area contributed by atoms with Crippen LogP contribution in [0.1, 0.15) is 37.8 Å². The fourth-order valence-electron chi connectivity index (χ4n) is 4.96. The van der Waals surface area contributed by atoms with E-state index in [1.54, 1.807) is 36.5 Å². The van der Waals surface area contributed by atoms with E-state index in [1.807, 2.05) is 38.1 Å². The van der Waals surface area contributed by atoms with Crippen molar-refractivity contribution in [2.45, 2.75) is 63.7 Å². The molecule has 14 heteroatoms. The summed E-state index contributed by atoms with van der Waals surface area (Å²) >= 11 is 0. The van der Waals surface area contributed by atoms with E-state index in [1.165, 1.54) is 0 Å². The van der Waals surface area contributed by atoms with Crippen molar-refractivity contribution in [3.8, 4) is 0 Å². The number of nitrogens with two attached hydrogens (primary N) is 2. The van der Waals surface area contributed by atoms with Crippen LogP contribution in [0.25, 0.3) is 10.9 Å². The second kappa shape index (κ2) is 16.7. The normalized spacial score (nSPS) is 13.7. The summed E-state index contributed by atoms with van der Waals surface area (Å²) in [6.45, 7) is 3.26. The molecule has 1 aromatic heterocycles. The van der Waals surface area contributed by atoms with Gasteiger partial charge in [0.15, 0.2) is 0 Å². The Balaban J connectivity index is 1.79. The lowest BCUT2D eigenvalue weighted by molar-refractivity contribution is -0.141. The molecule has 46 heavy (non-hydrogen) atoms. The Morgan fingerprint density at radius 3 is 1.98 bits per heavy atom. The number of aromatic amines is 1. The van der Waals surface area contributed by atoms with Gasteiger partial charge in [-0.25, -0.2) is 0 Å². The highest BCUT2D eigenvalue weighted by molar-refractivity contribution is 5.97. The fraction of sp³-hybridized carbons (Fsp3) is 0.375. The number of carboxylic acids is 1. The molecule has 1 heterocycles. The number of aromatic nitrogens is 1. The van der Waals surface area contributed by atoms with Gasteiger partial charge in [-0.2, -0.15) is 0 Å². The van der Waals surface area contributed by atoms with Crippen LogP contribution in [0.2, 0.25) is 0 Å². The van der Waals surface area contributed by atoms with Gasteiger partial charge < -0.3 is 42.8 Å². The van der Waals surface area contributed by atoms with Gasteiger partial charge >= 0.3 is 5.97 Å². The van der Waals surface area contributed by atoms with Crippen LogP contribution in [0.5, 0.6) is 0 Å². The molecule has 0 fully saturated rings. The molecule has 246 valence electrons. The zero-order valence-electron chi connectivity index (χ0n) is 25.7. The number of primary amides is 1. The number of nitrogens with one attached hydrogen (secondary N) is 5. The van der Waals surface area contributed by atoms with E-state index in [2.05, 4.69) is 26.3 Å². The number of carbonyl (C=O) groups is 6. The van der Waals surface area contributed by atoms with Gasteiger partial charge in [-0.05, 0) is 29.5 Å². The lowest BCUT2D eigenvalue weighted by Crippen LogP contribution is -2.59. The first-order chi connectivity index (χ1) is 21.9. The topological polar surface area (TPSA) is 239 Å². The molecule has 5 amide bonds. The summed E-state index contributed by atoms with van der Waals surface area (Å²) in [5, 5.41) is 20.4. The number of para-hydroxylation sites is 1. The maximum atomic E-state index is 13.6. The van der Waals surface area contributed by atoms with Gasteiger partial charge in [0.2, 0.25) is 29.5 Å². The van der Waals surface area contributed by atoms with E-state index in [4.69, 9.17) is 11.5 Å². The number of amides is 5. The van der Waals surface area contributed by atoms with Crippen LogP contribution in [0.3, 0.4) is 0 Å². The van der Waals surface area contributed by atoms with Crippen LogP contribution in [0.15, 0.2) is 60.8 Å². The summed E-state index contributed by atoms with van der Waals surface area (Å²) in [6, 6.07) is 11.1. The van der Waals surface area contributed by atoms with Gasteiger partial charge in [0, 0.05) is 29.9 Å². The Bertz CT molecular complexity index is 1540. The zero-order valence-corrected chi connectivity index (χ0v) is 25.7. The van der Waals surface area contributed by atoms with Gasteiger partial charge in [-0.3, -0.25) is 28.8 Å². The van der Waals surface area contributed by atoms with E-state index < -0.39 is 66.1 Å². The van der Waals surface area contributed by atoms with Crippen molar-refractivity contribution in [2.75, 3.05) is 6.54 Å². The SMILES string of the molecule is CC(C)C[C@H](NC(=O)[C@H](Cc1c[nH]c2ccccc12)NC(=O)CN)C(=O)N[C@@H](CC(=O)O)C(=O)N[C@@H](Cc1ccccc1)C(N)=O. The molecule has 0 aliphatic heterocycles. The number of carbonyl (C=O) groups excluding carboxylic acids is 5. The molecule has 0 aliphatic rings. The van der Waals surface area contributed by atoms with Gasteiger partial charge in [0.25, 0.3) is 0 Å². The minimum Gasteiger partial charge on any atom is -0.481 e. The van der Waals surface area contributed by atoms with Crippen LogP contribution in [-0.4, -0.2) is 76.3 Å². The van der Waals surface area contributed by atoms with Gasteiger partial charge in [0.1, 0.15) is 24.2 Å². The Hall–Kier alpha value is -5.24. The fourth-order valence-corrected chi connectivity index (χ4v) is 4.96. The van der Waals surface area contributed by atoms with E-state index in [0.29, 0.717) is 5.56 Å². The van der Waals surface area contributed by atoms with Gasteiger partial charge in [0.05, 0.1) is 13.0 Å². The zero-order chi connectivity index (χ0) is 33.8. The maximum absolute atomic E-state index is 13.6. The molecule has 0 saturated carbocycles. The number of H-pyrrole nitrogens is 1. The van der Waals surface area contributed by atoms with Gasteiger partial charge in [-0.15, -0.1) is 0 Å². The van der Waals surface area contributed by atoms with E-state index in [0.717, 1.165) is 16.5 Å². The number of hydrogen-bond donors (Lipinski definition) is 8. The molecule has 0 unspecified atom stereocenters. The predicted octanol–water partition coefficient (Wildman–Crippen LogP) is -0.143. The quantitative estimate of drug-likeness (QED) is 0.0990. The minimum atomic E-state index is -1.59. The van der Waals surface area contributed by atoms with E-state index >= 15 is 0 Å².